The van der Waals surface area contributed by atoms with Crippen molar-refractivity contribution in [2.75, 3.05) is 7.05 Å². The van der Waals surface area contributed by atoms with Crippen LogP contribution in [-0.2, 0) is 19.4 Å². The van der Waals surface area contributed by atoms with E-state index in [1.807, 2.05) is 17.9 Å². The molecule has 1 aromatic heterocycles. The molecule has 0 saturated carbocycles. The average Bonchev–Trinajstić information content (AvgIpc) is 3.09. The predicted octanol–water partition coefficient (Wildman–Crippen LogP) is 3.09. The van der Waals surface area contributed by atoms with E-state index in [1.165, 1.54) is 41.5 Å². The number of nitrogens with one attached hydrogen (secondary N) is 1. The molecule has 1 N–H and O–H groups in total. The third-order valence-electron chi connectivity index (χ3n) is 4.18. The second kappa shape index (κ2) is 5.80. The molecule has 1 aliphatic rings. The van der Waals surface area contributed by atoms with Crippen LogP contribution >= 0.6 is 0 Å². The van der Waals surface area contributed by atoms with Gasteiger partial charge in [-0.1, -0.05) is 25.1 Å². The van der Waals surface area contributed by atoms with Crippen molar-refractivity contribution in [1.82, 2.24) is 15.1 Å². The van der Waals surface area contributed by atoms with E-state index < -0.39 is 0 Å². The number of nitrogens with zero attached hydrogens (tertiary/aromatic N) is 2. The average molecular weight is 269 g/mol. The summed E-state index contributed by atoms with van der Waals surface area (Å²) in [5.74, 6) is 0. The van der Waals surface area contributed by atoms with E-state index in [4.69, 9.17) is 0 Å². The van der Waals surface area contributed by atoms with Gasteiger partial charge in [0.1, 0.15) is 0 Å². The summed E-state index contributed by atoms with van der Waals surface area (Å²) in [5, 5.41) is 7.88. The lowest BCUT2D eigenvalue weighted by molar-refractivity contribution is 0.600. The van der Waals surface area contributed by atoms with Gasteiger partial charge in [-0.2, -0.15) is 5.10 Å². The molecule has 2 aromatic rings. The first-order chi connectivity index (χ1) is 9.81. The van der Waals surface area contributed by atoms with Crippen LogP contribution in [0.2, 0.25) is 0 Å². The highest BCUT2D eigenvalue weighted by Crippen LogP contribution is 2.28. The Bertz CT molecular complexity index is 586. The van der Waals surface area contributed by atoms with Crippen molar-refractivity contribution >= 4 is 0 Å². The lowest BCUT2D eigenvalue weighted by atomic mass is 9.98. The van der Waals surface area contributed by atoms with Crippen molar-refractivity contribution in [1.29, 1.82) is 0 Å². The van der Waals surface area contributed by atoms with Crippen molar-refractivity contribution in [3.8, 4) is 0 Å². The van der Waals surface area contributed by atoms with Crippen LogP contribution in [-0.4, -0.2) is 16.8 Å². The van der Waals surface area contributed by atoms with Gasteiger partial charge in [0, 0.05) is 18.3 Å². The van der Waals surface area contributed by atoms with Gasteiger partial charge in [0.2, 0.25) is 0 Å². The van der Waals surface area contributed by atoms with Gasteiger partial charge in [0.05, 0.1) is 12.2 Å². The molecule has 20 heavy (non-hydrogen) atoms. The van der Waals surface area contributed by atoms with E-state index in [9.17, 15) is 0 Å². The number of benzene rings is 1. The summed E-state index contributed by atoms with van der Waals surface area (Å²) in [6.45, 7) is 3.16. The zero-order valence-electron chi connectivity index (χ0n) is 12.4. The van der Waals surface area contributed by atoms with Crippen LogP contribution in [0.15, 0.2) is 30.6 Å². The third-order valence-corrected chi connectivity index (χ3v) is 4.18. The van der Waals surface area contributed by atoms with Crippen LogP contribution in [0.3, 0.4) is 0 Å². The Morgan fingerprint density at radius 1 is 1.25 bits per heavy atom. The Morgan fingerprint density at radius 3 is 2.90 bits per heavy atom. The van der Waals surface area contributed by atoms with E-state index in [0.29, 0.717) is 0 Å². The van der Waals surface area contributed by atoms with Crippen LogP contribution in [0.4, 0.5) is 0 Å². The van der Waals surface area contributed by atoms with Crippen molar-refractivity contribution in [3.63, 3.8) is 0 Å². The van der Waals surface area contributed by atoms with Gasteiger partial charge in [0.15, 0.2) is 0 Å². The maximum absolute atomic E-state index is 4.45. The molecular weight excluding hydrogens is 246 g/mol. The molecule has 0 amide bonds. The van der Waals surface area contributed by atoms with E-state index in [0.717, 1.165) is 13.0 Å². The van der Waals surface area contributed by atoms with Gasteiger partial charge in [-0.15, -0.1) is 0 Å². The molecule has 3 heteroatoms. The molecule has 1 aliphatic carbocycles. The first-order valence-electron chi connectivity index (χ1n) is 7.63. The molecule has 1 aromatic carbocycles. The number of rotatable bonds is 5. The summed E-state index contributed by atoms with van der Waals surface area (Å²) in [7, 11) is 2.02. The molecule has 106 valence electrons. The first kappa shape index (κ1) is 13.4. The summed E-state index contributed by atoms with van der Waals surface area (Å²) in [4.78, 5) is 0. The van der Waals surface area contributed by atoms with Gasteiger partial charge >= 0.3 is 0 Å². The highest BCUT2D eigenvalue weighted by molar-refractivity contribution is 5.39. The van der Waals surface area contributed by atoms with Crippen molar-refractivity contribution < 1.29 is 0 Å². The first-order valence-corrected chi connectivity index (χ1v) is 7.63. The summed E-state index contributed by atoms with van der Waals surface area (Å²) >= 11 is 0. The largest absolute Gasteiger partial charge is 0.309 e. The van der Waals surface area contributed by atoms with Gasteiger partial charge in [-0.25, -0.2) is 0 Å². The zero-order chi connectivity index (χ0) is 13.9. The monoisotopic (exact) mass is 269 g/mol. The van der Waals surface area contributed by atoms with E-state index in [2.05, 4.69) is 41.7 Å². The van der Waals surface area contributed by atoms with Crippen LogP contribution in [0.5, 0.6) is 0 Å². The molecule has 0 fully saturated rings. The fraction of sp³-hybridized carbons (Fsp3) is 0.471. The fourth-order valence-corrected chi connectivity index (χ4v) is 3.18. The standard InChI is InChI=1S/C17H23N3/c1-3-9-20-12-16(11-19-20)17(18-2)15-8-7-13-5-4-6-14(13)10-15/h7-8,10-12,17-18H,3-6,9H2,1-2H3. The molecule has 0 spiro atoms. The normalized spacial score (nSPS) is 15.3. The minimum Gasteiger partial charge on any atom is -0.309 e. The molecule has 1 unspecified atom stereocenters. The molecular formula is C17H23N3. The number of aromatic nitrogens is 2. The zero-order valence-corrected chi connectivity index (χ0v) is 12.4. The third kappa shape index (κ3) is 2.50. The summed E-state index contributed by atoms with van der Waals surface area (Å²) in [6.07, 6.45) is 9.05. The Labute approximate surface area is 121 Å². The minimum atomic E-state index is 0.242. The maximum Gasteiger partial charge on any atom is 0.0605 e. The SMILES string of the molecule is CCCn1cc(C(NC)c2ccc3c(c2)CCC3)cn1. The molecule has 1 atom stereocenters. The molecule has 3 rings (SSSR count). The topological polar surface area (TPSA) is 29.9 Å². The second-order valence-electron chi connectivity index (χ2n) is 5.64. The van der Waals surface area contributed by atoms with E-state index in [-0.39, 0.29) is 6.04 Å². The molecule has 0 radical (unpaired) electrons. The molecule has 0 saturated heterocycles. The van der Waals surface area contributed by atoms with Gasteiger partial charge in [-0.3, -0.25) is 4.68 Å². The molecule has 0 aliphatic heterocycles. The summed E-state index contributed by atoms with van der Waals surface area (Å²) in [5.41, 5.74) is 5.66. The predicted molar refractivity (Wildman–Crippen MR) is 81.9 cm³/mol. The van der Waals surface area contributed by atoms with Crippen LogP contribution in [0.25, 0.3) is 0 Å². The summed E-state index contributed by atoms with van der Waals surface area (Å²) < 4.78 is 2.03. The summed E-state index contributed by atoms with van der Waals surface area (Å²) in [6, 6.07) is 7.19. The van der Waals surface area contributed by atoms with E-state index >= 15 is 0 Å². The van der Waals surface area contributed by atoms with Crippen molar-refractivity contribution in [3.05, 3.63) is 52.8 Å². The second-order valence-corrected chi connectivity index (χ2v) is 5.64. The van der Waals surface area contributed by atoms with Gasteiger partial charge < -0.3 is 5.32 Å². The smallest absolute Gasteiger partial charge is 0.0605 e. The Balaban J connectivity index is 1.88. The molecule has 0 bridgehead atoms. The molecule has 1 heterocycles. The number of hydrogen-bond donors (Lipinski definition) is 1. The Kier molecular flexibility index (Phi) is 3.88. The highest BCUT2D eigenvalue weighted by Gasteiger charge is 2.17. The van der Waals surface area contributed by atoms with E-state index in [1.54, 1.807) is 0 Å². The van der Waals surface area contributed by atoms with Crippen LogP contribution < -0.4 is 5.32 Å². The van der Waals surface area contributed by atoms with Gasteiger partial charge in [0.25, 0.3) is 0 Å². The number of hydrogen-bond acceptors (Lipinski definition) is 2. The van der Waals surface area contributed by atoms with Crippen molar-refractivity contribution in [2.45, 2.75) is 45.2 Å². The number of fused-ring (bicyclic) bond motifs is 1. The molecule has 3 nitrogen and oxygen atoms in total. The minimum absolute atomic E-state index is 0.242. The lowest BCUT2D eigenvalue weighted by Crippen LogP contribution is -2.17. The maximum atomic E-state index is 4.45. The highest BCUT2D eigenvalue weighted by atomic mass is 15.3. The van der Waals surface area contributed by atoms with Crippen molar-refractivity contribution in [2.24, 2.45) is 0 Å². The number of aryl methyl sites for hydroxylation is 3. The Morgan fingerprint density at radius 2 is 2.10 bits per heavy atom. The van der Waals surface area contributed by atoms with Gasteiger partial charge in [-0.05, 0) is 49.4 Å². The fourth-order valence-electron chi connectivity index (χ4n) is 3.18. The van der Waals surface area contributed by atoms with Crippen LogP contribution in [0.1, 0.15) is 48.1 Å². The van der Waals surface area contributed by atoms with Crippen LogP contribution in [0, 0.1) is 0 Å². The Hall–Kier alpha value is -1.61. The lowest BCUT2D eigenvalue weighted by Gasteiger charge is -2.16. The quantitative estimate of drug-likeness (QED) is 0.904.